The van der Waals surface area contributed by atoms with Crippen LogP contribution in [-0.2, 0) is 6.54 Å². The number of piperidine rings is 1. The Hall–Kier alpha value is -1.13. The first-order valence-electron chi connectivity index (χ1n) is 7.69. The van der Waals surface area contributed by atoms with Gasteiger partial charge in [-0.3, -0.25) is 4.90 Å². The van der Waals surface area contributed by atoms with Gasteiger partial charge in [0.15, 0.2) is 11.6 Å². The fourth-order valence-electron chi connectivity index (χ4n) is 3.59. The van der Waals surface area contributed by atoms with Crippen molar-refractivity contribution < 1.29 is 9.50 Å². The zero-order chi connectivity index (χ0) is 13.9. The van der Waals surface area contributed by atoms with Crippen LogP contribution in [0, 0.1) is 5.82 Å². The maximum atomic E-state index is 13.5. The second-order valence-electron chi connectivity index (χ2n) is 6.02. The first-order valence-corrected chi connectivity index (χ1v) is 7.69. The highest BCUT2D eigenvalue weighted by molar-refractivity contribution is 5.28. The second-order valence-corrected chi connectivity index (χ2v) is 6.02. The van der Waals surface area contributed by atoms with Gasteiger partial charge in [0, 0.05) is 18.6 Å². The minimum atomic E-state index is -0.518. The molecule has 1 aromatic carbocycles. The van der Waals surface area contributed by atoms with Gasteiger partial charge in [-0.2, -0.15) is 0 Å². The third-order valence-electron chi connectivity index (χ3n) is 4.62. The SMILES string of the molecule is Oc1ccc(CN2CCCCC2C2CCCN2)cc1F. The summed E-state index contributed by atoms with van der Waals surface area (Å²) in [5.41, 5.74) is 0.949. The molecule has 0 aliphatic carbocycles. The molecule has 2 heterocycles. The number of benzene rings is 1. The second kappa shape index (κ2) is 6.10. The average Bonchev–Trinajstić information content (AvgIpc) is 2.97. The Bertz CT molecular complexity index is 460. The third kappa shape index (κ3) is 2.96. The molecule has 2 N–H and O–H groups in total. The van der Waals surface area contributed by atoms with E-state index < -0.39 is 5.82 Å². The summed E-state index contributed by atoms with van der Waals surface area (Å²) in [6, 6.07) is 5.91. The van der Waals surface area contributed by atoms with Gasteiger partial charge in [-0.05, 0) is 56.5 Å². The van der Waals surface area contributed by atoms with Gasteiger partial charge in [-0.25, -0.2) is 4.39 Å². The van der Waals surface area contributed by atoms with Crippen molar-refractivity contribution in [2.75, 3.05) is 13.1 Å². The molecule has 0 radical (unpaired) electrons. The van der Waals surface area contributed by atoms with Gasteiger partial charge in [-0.1, -0.05) is 12.5 Å². The predicted octanol–water partition coefficient (Wildman–Crippen LogP) is 2.64. The highest BCUT2D eigenvalue weighted by atomic mass is 19.1. The van der Waals surface area contributed by atoms with Gasteiger partial charge in [0.25, 0.3) is 0 Å². The van der Waals surface area contributed by atoms with Gasteiger partial charge in [0.1, 0.15) is 0 Å². The number of aromatic hydroxyl groups is 1. The van der Waals surface area contributed by atoms with E-state index in [2.05, 4.69) is 10.2 Å². The summed E-state index contributed by atoms with van der Waals surface area (Å²) >= 11 is 0. The Balaban J connectivity index is 1.71. The van der Waals surface area contributed by atoms with E-state index in [1.807, 2.05) is 6.07 Å². The van der Waals surface area contributed by atoms with Gasteiger partial charge >= 0.3 is 0 Å². The third-order valence-corrected chi connectivity index (χ3v) is 4.62. The number of nitrogens with zero attached hydrogens (tertiary/aromatic N) is 1. The Kier molecular flexibility index (Phi) is 4.22. The standard InChI is InChI=1S/C16H23FN2O/c17-13-10-12(6-7-16(13)20)11-19-9-2-1-5-15(19)14-4-3-8-18-14/h6-7,10,14-15,18,20H,1-5,8-9,11H2. The molecule has 20 heavy (non-hydrogen) atoms. The Labute approximate surface area is 119 Å². The normalized spacial score (nSPS) is 27.9. The van der Waals surface area contributed by atoms with Crippen molar-refractivity contribution in [2.24, 2.45) is 0 Å². The smallest absolute Gasteiger partial charge is 0.165 e. The van der Waals surface area contributed by atoms with Crippen LogP contribution in [0.25, 0.3) is 0 Å². The van der Waals surface area contributed by atoms with Crippen molar-refractivity contribution >= 4 is 0 Å². The molecule has 2 saturated heterocycles. The number of rotatable bonds is 3. The van der Waals surface area contributed by atoms with E-state index in [0.717, 1.165) is 25.2 Å². The van der Waals surface area contributed by atoms with Crippen LogP contribution in [0.5, 0.6) is 5.75 Å². The molecule has 0 aromatic heterocycles. The fraction of sp³-hybridized carbons (Fsp3) is 0.625. The summed E-state index contributed by atoms with van der Waals surface area (Å²) in [6.45, 7) is 2.99. The lowest BCUT2D eigenvalue weighted by atomic mass is 9.94. The molecule has 2 aliphatic heterocycles. The summed E-state index contributed by atoms with van der Waals surface area (Å²) in [7, 11) is 0. The summed E-state index contributed by atoms with van der Waals surface area (Å²) in [5.74, 6) is -0.781. The average molecular weight is 278 g/mol. The van der Waals surface area contributed by atoms with Gasteiger partial charge in [0.05, 0.1) is 0 Å². The van der Waals surface area contributed by atoms with Gasteiger partial charge in [-0.15, -0.1) is 0 Å². The quantitative estimate of drug-likeness (QED) is 0.892. The van der Waals surface area contributed by atoms with E-state index in [9.17, 15) is 9.50 Å². The first kappa shape index (κ1) is 13.8. The molecule has 4 heteroatoms. The zero-order valence-electron chi connectivity index (χ0n) is 11.8. The molecular formula is C16H23FN2O. The van der Waals surface area contributed by atoms with Gasteiger partial charge < -0.3 is 10.4 Å². The lowest BCUT2D eigenvalue weighted by Crippen LogP contribution is -2.49. The molecule has 110 valence electrons. The number of nitrogens with one attached hydrogen (secondary N) is 1. The number of phenolic OH excluding ortho intramolecular Hbond substituents is 1. The molecular weight excluding hydrogens is 255 g/mol. The van der Waals surface area contributed by atoms with Crippen molar-refractivity contribution in [3.05, 3.63) is 29.6 Å². The summed E-state index contributed by atoms with van der Waals surface area (Å²) in [5, 5.41) is 12.9. The van der Waals surface area contributed by atoms with E-state index >= 15 is 0 Å². The molecule has 2 aliphatic rings. The van der Waals surface area contributed by atoms with Crippen LogP contribution < -0.4 is 5.32 Å². The van der Waals surface area contributed by atoms with Crippen LogP contribution in [0.1, 0.15) is 37.7 Å². The van der Waals surface area contributed by atoms with Crippen LogP contribution >= 0.6 is 0 Å². The lowest BCUT2D eigenvalue weighted by molar-refractivity contribution is 0.112. The predicted molar refractivity (Wildman–Crippen MR) is 77.1 cm³/mol. The molecule has 0 amide bonds. The van der Waals surface area contributed by atoms with E-state index in [4.69, 9.17) is 0 Å². The van der Waals surface area contributed by atoms with E-state index in [1.165, 1.54) is 44.2 Å². The summed E-state index contributed by atoms with van der Waals surface area (Å²) in [4.78, 5) is 2.48. The van der Waals surface area contributed by atoms with Crippen molar-refractivity contribution in [1.29, 1.82) is 0 Å². The van der Waals surface area contributed by atoms with Crippen LogP contribution in [0.2, 0.25) is 0 Å². The van der Waals surface area contributed by atoms with Crippen molar-refractivity contribution in [3.63, 3.8) is 0 Å². The Morgan fingerprint density at radius 2 is 2.15 bits per heavy atom. The largest absolute Gasteiger partial charge is 0.505 e. The molecule has 0 spiro atoms. The van der Waals surface area contributed by atoms with Crippen molar-refractivity contribution in [2.45, 2.75) is 50.7 Å². The Morgan fingerprint density at radius 3 is 2.90 bits per heavy atom. The highest BCUT2D eigenvalue weighted by Crippen LogP contribution is 2.26. The number of hydrogen-bond acceptors (Lipinski definition) is 3. The van der Waals surface area contributed by atoms with Crippen LogP contribution in [0.15, 0.2) is 18.2 Å². The lowest BCUT2D eigenvalue weighted by Gasteiger charge is -2.39. The minimum absolute atomic E-state index is 0.263. The van der Waals surface area contributed by atoms with Crippen LogP contribution in [0.4, 0.5) is 4.39 Å². The topological polar surface area (TPSA) is 35.5 Å². The van der Waals surface area contributed by atoms with Gasteiger partial charge in [0.2, 0.25) is 0 Å². The Morgan fingerprint density at radius 1 is 1.25 bits per heavy atom. The maximum Gasteiger partial charge on any atom is 0.165 e. The molecule has 2 unspecified atom stereocenters. The minimum Gasteiger partial charge on any atom is -0.505 e. The maximum absolute atomic E-state index is 13.5. The monoisotopic (exact) mass is 278 g/mol. The molecule has 3 rings (SSSR count). The number of likely N-dealkylation sites (tertiary alicyclic amines) is 1. The molecule has 0 saturated carbocycles. The number of hydrogen-bond donors (Lipinski definition) is 2. The fourth-order valence-corrected chi connectivity index (χ4v) is 3.59. The molecule has 2 atom stereocenters. The summed E-state index contributed by atoms with van der Waals surface area (Å²) < 4.78 is 13.5. The molecule has 3 nitrogen and oxygen atoms in total. The van der Waals surface area contributed by atoms with E-state index in [1.54, 1.807) is 0 Å². The number of phenols is 1. The van der Waals surface area contributed by atoms with Crippen LogP contribution in [0.3, 0.4) is 0 Å². The number of halogens is 1. The molecule has 0 bridgehead atoms. The highest BCUT2D eigenvalue weighted by Gasteiger charge is 2.31. The first-order chi connectivity index (χ1) is 9.74. The molecule has 1 aromatic rings. The molecule has 2 fully saturated rings. The van der Waals surface area contributed by atoms with Crippen LogP contribution in [-0.4, -0.2) is 35.2 Å². The van der Waals surface area contributed by atoms with E-state index in [0.29, 0.717) is 12.1 Å². The van der Waals surface area contributed by atoms with Crippen molar-refractivity contribution in [3.8, 4) is 5.75 Å². The zero-order valence-corrected chi connectivity index (χ0v) is 11.8. The van der Waals surface area contributed by atoms with Crippen molar-refractivity contribution in [1.82, 2.24) is 10.2 Å². The van der Waals surface area contributed by atoms with E-state index in [-0.39, 0.29) is 5.75 Å². The summed E-state index contributed by atoms with van der Waals surface area (Å²) in [6.07, 6.45) is 6.28.